The van der Waals surface area contributed by atoms with Crippen LogP contribution in [-0.2, 0) is 14.8 Å². The van der Waals surface area contributed by atoms with Crippen molar-refractivity contribution in [1.82, 2.24) is 9.97 Å². The lowest BCUT2D eigenvalue weighted by molar-refractivity contribution is 0.0527. The van der Waals surface area contributed by atoms with Gasteiger partial charge in [0.25, 0.3) is 10.0 Å². The molecule has 2 aromatic rings. The summed E-state index contributed by atoms with van der Waals surface area (Å²) in [5, 5.41) is -0.0869. The first-order valence-corrected chi connectivity index (χ1v) is 7.30. The van der Waals surface area contributed by atoms with Gasteiger partial charge in [0.15, 0.2) is 5.03 Å². The summed E-state index contributed by atoms with van der Waals surface area (Å²) in [6.45, 7) is 1.88. The maximum Gasteiger partial charge on any atom is 0.340 e. The van der Waals surface area contributed by atoms with Gasteiger partial charge in [0, 0.05) is 0 Å². The number of carbonyl (C=O) groups is 1. The molecule has 0 amide bonds. The second-order valence-electron chi connectivity index (χ2n) is 3.79. The number of aromatic amines is 1. The quantitative estimate of drug-likeness (QED) is 0.812. The van der Waals surface area contributed by atoms with Crippen molar-refractivity contribution in [2.45, 2.75) is 11.9 Å². The highest BCUT2D eigenvalue weighted by Gasteiger charge is 2.19. The van der Waals surface area contributed by atoms with Crippen LogP contribution in [0.2, 0.25) is 0 Å². The highest BCUT2D eigenvalue weighted by atomic mass is 32.2. The number of rotatable bonds is 5. The molecule has 7 nitrogen and oxygen atoms in total. The number of para-hydroxylation sites is 1. The zero-order valence-electron chi connectivity index (χ0n) is 10.7. The number of nitrogens with zero attached hydrogens (tertiary/aromatic N) is 1. The van der Waals surface area contributed by atoms with Crippen LogP contribution >= 0.6 is 0 Å². The smallest absolute Gasteiger partial charge is 0.340 e. The van der Waals surface area contributed by atoms with Crippen molar-refractivity contribution in [2.75, 3.05) is 11.3 Å². The Bertz CT molecular complexity index is 695. The molecule has 0 aliphatic carbocycles. The predicted molar refractivity (Wildman–Crippen MR) is 71.8 cm³/mol. The van der Waals surface area contributed by atoms with Crippen molar-refractivity contribution in [3.05, 3.63) is 42.4 Å². The number of sulfonamides is 1. The van der Waals surface area contributed by atoms with E-state index in [1.165, 1.54) is 24.7 Å². The Labute approximate surface area is 116 Å². The molecule has 106 valence electrons. The zero-order valence-corrected chi connectivity index (χ0v) is 11.5. The maximum atomic E-state index is 12.1. The minimum atomic E-state index is -3.82. The molecule has 20 heavy (non-hydrogen) atoms. The fourth-order valence-corrected chi connectivity index (χ4v) is 2.53. The average molecular weight is 295 g/mol. The lowest BCUT2D eigenvalue weighted by Gasteiger charge is -2.10. The number of anilines is 1. The Kier molecular flexibility index (Phi) is 4.04. The second kappa shape index (κ2) is 5.74. The van der Waals surface area contributed by atoms with Crippen LogP contribution in [0.3, 0.4) is 0 Å². The normalized spacial score (nSPS) is 11.1. The average Bonchev–Trinajstić information content (AvgIpc) is 2.94. The van der Waals surface area contributed by atoms with E-state index in [1.807, 2.05) is 0 Å². The molecule has 0 saturated carbocycles. The Morgan fingerprint density at radius 3 is 2.80 bits per heavy atom. The van der Waals surface area contributed by atoms with E-state index in [9.17, 15) is 13.2 Å². The molecule has 0 unspecified atom stereocenters. The molecule has 0 aliphatic heterocycles. The molecule has 0 fully saturated rings. The lowest BCUT2D eigenvalue weighted by atomic mass is 10.2. The molecule has 1 heterocycles. The highest BCUT2D eigenvalue weighted by Crippen LogP contribution is 2.19. The monoisotopic (exact) mass is 295 g/mol. The Morgan fingerprint density at radius 1 is 1.40 bits per heavy atom. The number of esters is 1. The van der Waals surface area contributed by atoms with Crippen molar-refractivity contribution in [3.8, 4) is 0 Å². The molecule has 0 spiro atoms. The molecule has 0 atom stereocenters. The van der Waals surface area contributed by atoms with Crippen LogP contribution in [0, 0.1) is 0 Å². The third-order valence-corrected chi connectivity index (χ3v) is 3.72. The van der Waals surface area contributed by atoms with E-state index in [1.54, 1.807) is 19.1 Å². The van der Waals surface area contributed by atoms with Crippen LogP contribution < -0.4 is 4.72 Å². The summed E-state index contributed by atoms with van der Waals surface area (Å²) in [6.07, 6.45) is 2.43. The predicted octanol–water partition coefficient (Wildman–Crippen LogP) is 1.39. The molecule has 0 saturated heterocycles. The zero-order chi connectivity index (χ0) is 14.6. The van der Waals surface area contributed by atoms with Gasteiger partial charge < -0.3 is 9.72 Å². The number of aromatic nitrogens is 2. The van der Waals surface area contributed by atoms with Crippen LogP contribution in [0.5, 0.6) is 0 Å². The first kappa shape index (κ1) is 14.1. The topological polar surface area (TPSA) is 101 Å². The summed E-state index contributed by atoms with van der Waals surface area (Å²) >= 11 is 0. The molecule has 0 radical (unpaired) electrons. The fourth-order valence-electron chi connectivity index (χ4n) is 1.55. The van der Waals surface area contributed by atoms with E-state index in [0.717, 1.165) is 0 Å². The largest absolute Gasteiger partial charge is 0.462 e. The number of H-pyrrole nitrogens is 1. The van der Waals surface area contributed by atoms with Gasteiger partial charge in [-0.15, -0.1) is 0 Å². The van der Waals surface area contributed by atoms with Crippen LogP contribution in [0.4, 0.5) is 5.69 Å². The van der Waals surface area contributed by atoms with Crippen molar-refractivity contribution < 1.29 is 17.9 Å². The van der Waals surface area contributed by atoms with E-state index in [2.05, 4.69) is 14.7 Å². The summed E-state index contributed by atoms with van der Waals surface area (Å²) in [7, 11) is -3.82. The molecule has 1 aromatic carbocycles. The van der Waals surface area contributed by atoms with Crippen LogP contribution in [0.15, 0.2) is 41.8 Å². The first-order chi connectivity index (χ1) is 9.54. The molecule has 2 N–H and O–H groups in total. The van der Waals surface area contributed by atoms with Crippen LogP contribution in [-0.4, -0.2) is 31.0 Å². The second-order valence-corrected chi connectivity index (χ2v) is 5.44. The Morgan fingerprint density at radius 2 is 2.15 bits per heavy atom. The van der Waals surface area contributed by atoms with Gasteiger partial charge >= 0.3 is 5.97 Å². The lowest BCUT2D eigenvalue weighted by Crippen LogP contribution is -2.16. The molecular weight excluding hydrogens is 282 g/mol. The molecular formula is C12H13N3O4S. The fraction of sp³-hybridized carbons (Fsp3) is 0.167. The minimum Gasteiger partial charge on any atom is -0.462 e. The van der Waals surface area contributed by atoms with E-state index >= 15 is 0 Å². The number of imidazole rings is 1. The number of hydrogen-bond donors (Lipinski definition) is 2. The van der Waals surface area contributed by atoms with E-state index in [0.29, 0.717) is 0 Å². The van der Waals surface area contributed by atoms with E-state index < -0.39 is 16.0 Å². The Balaban J connectivity index is 2.33. The van der Waals surface area contributed by atoms with Crippen molar-refractivity contribution >= 4 is 21.7 Å². The SMILES string of the molecule is CCOC(=O)c1ccccc1NS(=O)(=O)c1cnc[nH]1. The summed E-state index contributed by atoms with van der Waals surface area (Å²) in [6, 6.07) is 6.22. The molecule has 8 heteroatoms. The highest BCUT2D eigenvalue weighted by molar-refractivity contribution is 7.92. The van der Waals surface area contributed by atoms with Crippen molar-refractivity contribution in [2.24, 2.45) is 0 Å². The van der Waals surface area contributed by atoms with Gasteiger partial charge in [-0.05, 0) is 19.1 Å². The molecule has 1 aromatic heterocycles. The molecule has 0 aliphatic rings. The molecule has 2 rings (SSSR count). The third kappa shape index (κ3) is 2.97. The van der Waals surface area contributed by atoms with Gasteiger partial charge in [-0.25, -0.2) is 9.78 Å². The van der Waals surface area contributed by atoms with Crippen molar-refractivity contribution in [3.63, 3.8) is 0 Å². The summed E-state index contributed by atoms with van der Waals surface area (Å²) in [5.74, 6) is -0.588. The van der Waals surface area contributed by atoms with Gasteiger partial charge in [-0.2, -0.15) is 8.42 Å². The number of nitrogens with one attached hydrogen (secondary N) is 2. The summed E-state index contributed by atoms with van der Waals surface area (Å²) in [5.41, 5.74) is 0.304. The van der Waals surface area contributed by atoms with Gasteiger partial charge in [0.1, 0.15) is 0 Å². The number of hydrogen-bond acceptors (Lipinski definition) is 5. The minimum absolute atomic E-state index is 0.0869. The Hall–Kier alpha value is -2.35. The van der Waals surface area contributed by atoms with Gasteiger partial charge in [-0.1, -0.05) is 12.1 Å². The van der Waals surface area contributed by atoms with E-state index in [-0.39, 0.29) is 22.9 Å². The van der Waals surface area contributed by atoms with Crippen molar-refractivity contribution in [1.29, 1.82) is 0 Å². The summed E-state index contributed by atoms with van der Waals surface area (Å²) in [4.78, 5) is 17.9. The number of ether oxygens (including phenoxy) is 1. The van der Waals surface area contributed by atoms with Gasteiger partial charge in [0.05, 0.1) is 30.4 Å². The standard InChI is InChI=1S/C12H13N3O4S/c1-2-19-12(16)9-5-3-4-6-10(9)15-20(17,18)11-7-13-8-14-11/h3-8,15H,2H2,1H3,(H,13,14). The number of benzene rings is 1. The first-order valence-electron chi connectivity index (χ1n) is 5.82. The van der Waals surface area contributed by atoms with Gasteiger partial charge in [-0.3, -0.25) is 4.72 Å². The van der Waals surface area contributed by atoms with Crippen LogP contribution in [0.1, 0.15) is 17.3 Å². The number of carbonyl (C=O) groups excluding carboxylic acids is 1. The third-order valence-electron chi connectivity index (χ3n) is 2.43. The molecule has 0 bridgehead atoms. The maximum absolute atomic E-state index is 12.1. The van der Waals surface area contributed by atoms with E-state index in [4.69, 9.17) is 4.74 Å². The van der Waals surface area contributed by atoms with Gasteiger partial charge in [0.2, 0.25) is 0 Å². The van der Waals surface area contributed by atoms with Crippen LogP contribution in [0.25, 0.3) is 0 Å². The summed E-state index contributed by atoms with van der Waals surface area (Å²) < 4.78 is 31.3.